The van der Waals surface area contributed by atoms with Crippen molar-refractivity contribution in [3.05, 3.63) is 30.6 Å². The zero-order valence-corrected chi connectivity index (χ0v) is 12.7. The Morgan fingerprint density at radius 1 is 1.48 bits per heavy atom. The van der Waals surface area contributed by atoms with Crippen molar-refractivity contribution >= 4 is 33.4 Å². The Morgan fingerprint density at radius 3 is 2.86 bits per heavy atom. The first kappa shape index (κ1) is 15.5. The number of aromatic nitrogens is 3. The van der Waals surface area contributed by atoms with Crippen molar-refractivity contribution in [2.75, 3.05) is 11.1 Å². The van der Waals surface area contributed by atoms with Crippen LogP contribution < -0.4 is 10.5 Å². The Morgan fingerprint density at radius 2 is 2.24 bits per heavy atom. The van der Waals surface area contributed by atoms with Gasteiger partial charge in [0.15, 0.2) is 5.16 Å². The third-order valence-electron chi connectivity index (χ3n) is 2.45. The van der Waals surface area contributed by atoms with Gasteiger partial charge in [-0.3, -0.25) is 4.79 Å². The van der Waals surface area contributed by atoms with Crippen LogP contribution >= 0.6 is 11.8 Å². The van der Waals surface area contributed by atoms with Crippen LogP contribution in [-0.4, -0.2) is 34.8 Å². The molecule has 3 N–H and O–H groups in total. The maximum atomic E-state index is 11.8. The minimum Gasteiger partial charge on any atom is -0.325 e. The van der Waals surface area contributed by atoms with E-state index in [1.807, 2.05) is 0 Å². The van der Waals surface area contributed by atoms with E-state index in [4.69, 9.17) is 5.14 Å². The zero-order valence-electron chi connectivity index (χ0n) is 11.1. The van der Waals surface area contributed by atoms with Gasteiger partial charge in [-0.05, 0) is 18.2 Å². The molecule has 21 heavy (non-hydrogen) atoms. The zero-order chi connectivity index (χ0) is 15.5. The monoisotopic (exact) mass is 327 g/mol. The van der Waals surface area contributed by atoms with E-state index in [2.05, 4.69) is 15.5 Å². The van der Waals surface area contributed by atoms with Crippen LogP contribution in [0.15, 0.2) is 40.6 Å². The van der Waals surface area contributed by atoms with Crippen molar-refractivity contribution in [3.8, 4) is 0 Å². The van der Waals surface area contributed by atoms with Crippen LogP contribution in [-0.2, 0) is 21.9 Å². The molecular weight excluding hydrogens is 314 g/mol. The second-order valence-electron chi connectivity index (χ2n) is 4.13. The number of carbonyl (C=O) groups excluding carboxylic acids is 1. The average Bonchev–Trinajstić information content (AvgIpc) is 2.81. The minimum atomic E-state index is -3.79. The molecule has 1 heterocycles. The molecule has 0 bridgehead atoms. The van der Waals surface area contributed by atoms with Crippen molar-refractivity contribution in [2.24, 2.45) is 12.2 Å². The van der Waals surface area contributed by atoms with Crippen LogP contribution in [0, 0.1) is 0 Å². The summed E-state index contributed by atoms with van der Waals surface area (Å²) in [7, 11) is -2.02. The minimum absolute atomic E-state index is 0.0544. The van der Waals surface area contributed by atoms with E-state index in [0.717, 1.165) is 0 Å². The predicted molar refractivity (Wildman–Crippen MR) is 78.2 cm³/mol. The number of nitrogens with zero attached hydrogens (tertiary/aromatic N) is 3. The number of thioether (sulfide) groups is 1. The van der Waals surface area contributed by atoms with E-state index in [-0.39, 0.29) is 16.6 Å². The Bertz CT molecular complexity index is 757. The average molecular weight is 327 g/mol. The fourth-order valence-electron chi connectivity index (χ4n) is 1.48. The molecule has 0 aliphatic carbocycles. The summed E-state index contributed by atoms with van der Waals surface area (Å²) in [5, 5.41) is 15.8. The molecule has 0 spiro atoms. The first-order valence-corrected chi connectivity index (χ1v) is 8.29. The van der Waals surface area contributed by atoms with Gasteiger partial charge in [-0.15, -0.1) is 10.2 Å². The molecule has 0 aliphatic heterocycles. The van der Waals surface area contributed by atoms with Gasteiger partial charge in [0.2, 0.25) is 15.9 Å². The highest BCUT2D eigenvalue weighted by atomic mass is 32.2. The van der Waals surface area contributed by atoms with Gasteiger partial charge in [0.25, 0.3) is 0 Å². The summed E-state index contributed by atoms with van der Waals surface area (Å²) in [6, 6.07) is 5.75. The highest BCUT2D eigenvalue weighted by Crippen LogP contribution is 2.16. The molecule has 0 aliphatic rings. The van der Waals surface area contributed by atoms with Gasteiger partial charge in [-0.25, -0.2) is 13.6 Å². The highest BCUT2D eigenvalue weighted by molar-refractivity contribution is 7.99. The van der Waals surface area contributed by atoms with E-state index in [1.54, 1.807) is 17.7 Å². The van der Waals surface area contributed by atoms with Gasteiger partial charge in [0.1, 0.15) is 6.33 Å². The Kier molecular flexibility index (Phi) is 4.60. The van der Waals surface area contributed by atoms with E-state index < -0.39 is 10.0 Å². The highest BCUT2D eigenvalue weighted by Gasteiger charge is 2.10. The molecule has 0 saturated heterocycles. The number of sulfonamides is 1. The molecule has 0 radical (unpaired) electrons. The summed E-state index contributed by atoms with van der Waals surface area (Å²) in [4.78, 5) is 11.8. The number of hydrogen-bond acceptors (Lipinski definition) is 6. The maximum Gasteiger partial charge on any atom is 0.238 e. The molecule has 2 aromatic rings. The lowest BCUT2D eigenvalue weighted by molar-refractivity contribution is -0.113. The number of nitrogens with one attached hydrogen (secondary N) is 1. The van der Waals surface area contributed by atoms with Crippen molar-refractivity contribution in [1.29, 1.82) is 0 Å². The number of hydrogen-bond donors (Lipinski definition) is 2. The van der Waals surface area contributed by atoms with Gasteiger partial charge < -0.3 is 9.88 Å². The first-order valence-electron chi connectivity index (χ1n) is 5.76. The van der Waals surface area contributed by atoms with E-state index in [9.17, 15) is 13.2 Å². The number of carbonyl (C=O) groups is 1. The quantitative estimate of drug-likeness (QED) is 0.757. The molecule has 0 atom stereocenters. The molecule has 0 fully saturated rings. The summed E-state index contributed by atoms with van der Waals surface area (Å²) < 4.78 is 24.2. The number of aryl methyl sites for hydroxylation is 1. The summed E-state index contributed by atoms with van der Waals surface area (Å²) >= 11 is 1.23. The predicted octanol–water partition coefficient (Wildman–Crippen LogP) is 0.193. The fraction of sp³-hybridized carbons (Fsp3) is 0.182. The second-order valence-corrected chi connectivity index (χ2v) is 6.64. The summed E-state index contributed by atoms with van der Waals surface area (Å²) in [5.41, 5.74) is 0.366. The lowest BCUT2D eigenvalue weighted by Crippen LogP contribution is -2.16. The summed E-state index contributed by atoms with van der Waals surface area (Å²) in [6.07, 6.45) is 1.54. The Hall–Kier alpha value is -1.91. The third-order valence-corrected chi connectivity index (χ3v) is 4.39. The van der Waals surface area contributed by atoms with Crippen molar-refractivity contribution in [1.82, 2.24) is 14.8 Å². The van der Waals surface area contributed by atoms with Gasteiger partial charge in [0.05, 0.1) is 10.6 Å². The summed E-state index contributed by atoms with van der Waals surface area (Å²) in [6.45, 7) is 0. The molecule has 112 valence electrons. The van der Waals surface area contributed by atoms with Gasteiger partial charge in [-0.2, -0.15) is 0 Å². The van der Waals surface area contributed by atoms with Crippen molar-refractivity contribution < 1.29 is 13.2 Å². The molecular formula is C11H13N5O3S2. The van der Waals surface area contributed by atoms with E-state index in [0.29, 0.717) is 10.8 Å². The van der Waals surface area contributed by atoms with Crippen LogP contribution in [0.3, 0.4) is 0 Å². The molecule has 1 aromatic carbocycles. The standard InChI is InChI=1S/C11H13N5O3S2/c1-16-7-13-15-11(16)20-6-10(17)14-8-3-2-4-9(5-8)21(12,18)19/h2-5,7H,6H2,1H3,(H,14,17)(H2,12,18,19). The third kappa shape index (κ3) is 4.28. The Balaban J connectivity index is 1.98. The lowest BCUT2D eigenvalue weighted by Gasteiger charge is -2.06. The van der Waals surface area contributed by atoms with Crippen LogP contribution in [0.25, 0.3) is 0 Å². The normalized spacial score (nSPS) is 11.3. The maximum absolute atomic E-state index is 11.8. The largest absolute Gasteiger partial charge is 0.325 e. The Labute approximate surface area is 125 Å². The van der Waals surface area contributed by atoms with Crippen LogP contribution in [0.1, 0.15) is 0 Å². The molecule has 10 heteroatoms. The van der Waals surface area contributed by atoms with Gasteiger partial charge in [0, 0.05) is 12.7 Å². The topological polar surface area (TPSA) is 120 Å². The number of benzene rings is 1. The van der Waals surface area contributed by atoms with Gasteiger partial charge in [-0.1, -0.05) is 17.8 Å². The van der Waals surface area contributed by atoms with Crippen molar-refractivity contribution in [3.63, 3.8) is 0 Å². The summed E-state index contributed by atoms with van der Waals surface area (Å²) in [5.74, 6) is -0.152. The lowest BCUT2D eigenvalue weighted by atomic mass is 10.3. The van der Waals surface area contributed by atoms with Gasteiger partial charge >= 0.3 is 0 Å². The van der Waals surface area contributed by atoms with Crippen LogP contribution in [0.5, 0.6) is 0 Å². The number of anilines is 1. The van der Waals surface area contributed by atoms with Crippen LogP contribution in [0.4, 0.5) is 5.69 Å². The number of nitrogens with two attached hydrogens (primary N) is 1. The SMILES string of the molecule is Cn1cnnc1SCC(=O)Nc1cccc(S(N)(=O)=O)c1. The second kappa shape index (κ2) is 6.24. The molecule has 0 saturated carbocycles. The van der Waals surface area contributed by atoms with Crippen LogP contribution in [0.2, 0.25) is 0 Å². The molecule has 1 amide bonds. The smallest absolute Gasteiger partial charge is 0.238 e. The fourth-order valence-corrected chi connectivity index (χ4v) is 2.73. The first-order chi connectivity index (χ1) is 9.86. The van der Waals surface area contributed by atoms with E-state index in [1.165, 1.54) is 36.3 Å². The number of primary sulfonamides is 1. The molecule has 2 rings (SSSR count). The molecule has 8 nitrogen and oxygen atoms in total. The molecule has 1 aromatic heterocycles. The van der Waals surface area contributed by atoms with Crippen molar-refractivity contribution in [2.45, 2.75) is 10.1 Å². The number of rotatable bonds is 5. The van der Waals surface area contributed by atoms with E-state index >= 15 is 0 Å². The molecule has 0 unspecified atom stereocenters. The number of amides is 1.